The van der Waals surface area contributed by atoms with Crippen LogP contribution in [0.15, 0.2) is 76.3 Å². The molecule has 15 nitrogen and oxygen atoms in total. The van der Waals surface area contributed by atoms with Gasteiger partial charge in [0, 0.05) is 54.3 Å². The number of nitrogen functional groups attached to an aromatic ring is 1. The molecular weight excluding hydrogens is 688 g/mol. The van der Waals surface area contributed by atoms with E-state index in [0.29, 0.717) is 55.0 Å². The van der Waals surface area contributed by atoms with Gasteiger partial charge in [0.25, 0.3) is 0 Å². The number of amides is 1. The zero-order valence-electron chi connectivity index (χ0n) is 31.0. The summed E-state index contributed by atoms with van der Waals surface area (Å²) in [5, 5.41) is 32.8. The Morgan fingerprint density at radius 3 is 2.81 bits per heavy atom. The minimum absolute atomic E-state index is 0.163. The van der Waals surface area contributed by atoms with Gasteiger partial charge in [-0.3, -0.25) is 15.4 Å². The number of aryl methyl sites for hydroxylation is 1. The van der Waals surface area contributed by atoms with Crippen molar-refractivity contribution in [2.24, 2.45) is 39.7 Å². The number of hydrogen-bond donors (Lipinski definition) is 6. The molecule has 54 heavy (non-hydrogen) atoms. The second kappa shape index (κ2) is 14.5. The molecule has 284 valence electrons. The lowest BCUT2D eigenvalue weighted by atomic mass is 9.45. The quantitative estimate of drug-likeness (QED) is 0.132. The first-order chi connectivity index (χ1) is 25.8. The summed E-state index contributed by atoms with van der Waals surface area (Å²) in [5.74, 6) is 0.218. The van der Waals surface area contributed by atoms with Gasteiger partial charge in [0.15, 0.2) is 0 Å². The summed E-state index contributed by atoms with van der Waals surface area (Å²) in [6, 6.07) is 3.98. The van der Waals surface area contributed by atoms with Crippen LogP contribution in [0.1, 0.15) is 52.0 Å². The molecule has 0 spiro atoms. The molecule has 8 atom stereocenters. The van der Waals surface area contributed by atoms with Gasteiger partial charge in [0.1, 0.15) is 17.2 Å². The zero-order valence-corrected chi connectivity index (χ0v) is 31.0. The predicted octanol–water partition coefficient (Wildman–Crippen LogP) is 2.90. The van der Waals surface area contributed by atoms with Crippen LogP contribution < -0.4 is 21.7 Å². The molecule has 1 amide bonds. The van der Waals surface area contributed by atoms with Crippen molar-refractivity contribution in [1.82, 2.24) is 30.2 Å². The van der Waals surface area contributed by atoms with Crippen LogP contribution in [0, 0.1) is 22.7 Å². The lowest BCUT2D eigenvalue weighted by Crippen LogP contribution is -2.62. The molecule has 5 heterocycles. The Kier molecular flexibility index (Phi) is 9.98. The van der Waals surface area contributed by atoms with Gasteiger partial charge in [-0.1, -0.05) is 32.1 Å². The molecule has 3 aromatic heterocycles. The summed E-state index contributed by atoms with van der Waals surface area (Å²) >= 11 is 0. The topological polar surface area (TPSA) is 214 Å². The second-order valence-electron chi connectivity index (χ2n) is 15.4. The fourth-order valence-electron chi connectivity index (χ4n) is 9.03. The number of nitrogens with two attached hydrogens (primary N) is 1. The van der Waals surface area contributed by atoms with Crippen molar-refractivity contribution in [2.75, 3.05) is 24.2 Å². The van der Waals surface area contributed by atoms with Crippen LogP contribution in [0.2, 0.25) is 0 Å². The van der Waals surface area contributed by atoms with Crippen molar-refractivity contribution in [1.29, 1.82) is 0 Å². The van der Waals surface area contributed by atoms with Crippen molar-refractivity contribution in [3.63, 3.8) is 0 Å². The Hall–Kier alpha value is -5.25. The van der Waals surface area contributed by atoms with Gasteiger partial charge in [0.05, 0.1) is 36.9 Å². The third-order valence-corrected chi connectivity index (χ3v) is 12.1. The number of aliphatic hydroxyl groups excluding tert-OH is 2. The number of nitrogens with one attached hydrogen (secondary N) is 3. The number of carbonyl (C=O) groups is 2. The Morgan fingerprint density at radius 2 is 2.09 bits per heavy atom. The molecule has 2 aliphatic heterocycles. The van der Waals surface area contributed by atoms with E-state index >= 15 is 0 Å². The van der Waals surface area contributed by atoms with Gasteiger partial charge in [-0.15, -0.1) is 0 Å². The number of aliphatic hydroxyl groups is 2. The van der Waals surface area contributed by atoms with E-state index in [9.17, 15) is 19.8 Å². The van der Waals surface area contributed by atoms with Crippen LogP contribution >= 0.6 is 0 Å². The Labute approximate surface area is 313 Å². The molecule has 4 aliphatic rings. The van der Waals surface area contributed by atoms with E-state index in [1.54, 1.807) is 37.7 Å². The van der Waals surface area contributed by atoms with Crippen molar-refractivity contribution in [3.05, 3.63) is 71.9 Å². The average Bonchev–Trinajstić information content (AvgIpc) is 3.88. The Morgan fingerprint density at radius 1 is 1.28 bits per heavy atom. The van der Waals surface area contributed by atoms with E-state index in [2.05, 4.69) is 54.4 Å². The molecule has 0 saturated heterocycles. The lowest BCUT2D eigenvalue weighted by Gasteiger charge is -2.62. The molecule has 2 aliphatic carbocycles. The number of pyridine rings is 1. The lowest BCUT2D eigenvalue weighted by molar-refractivity contribution is -0.156. The van der Waals surface area contributed by atoms with E-state index in [0.717, 1.165) is 16.5 Å². The summed E-state index contributed by atoms with van der Waals surface area (Å²) < 4.78 is 7.71. The van der Waals surface area contributed by atoms with Gasteiger partial charge >= 0.3 is 5.97 Å². The first-order valence-corrected chi connectivity index (χ1v) is 18.3. The molecule has 7 N–H and O–H groups in total. The van der Waals surface area contributed by atoms with E-state index in [4.69, 9.17) is 10.5 Å². The van der Waals surface area contributed by atoms with Crippen LogP contribution in [-0.2, 0) is 21.4 Å². The van der Waals surface area contributed by atoms with E-state index in [1.807, 2.05) is 42.9 Å². The molecule has 7 rings (SSSR count). The number of allylic oxidation sites excluding steroid dienone is 1. The van der Waals surface area contributed by atoms with Crippen LogP contribution in [0.4, 0.5) is 11.8 Å². The van der Waals surface area contributed by atoms with Crippen molar-refractivity contribution >= 4 is 52.9 Å². The number of cyclic esters (lactones) is 1. The van der Waals surface area contributed by atoms with E-state index < -0.39 is 35.0 Å². The molecule has 0 radical (unpaired) electrons. The van der Waals surface area contributed by atoms with Gasteiger partial charge < -0.3 is 30.6 Å². The highest BCUT2D eigenvalue weighted by atomic mass is 16.5. The number of hydrogen-bond acceptors (Lipinski definition) is 13. The molecular formula is C39H48N10O5. The van der Waals surface area contributed by atoms with Gasteiger partial charge in [-0.2, -0.15) is 4.98 Å². The van der Waals surface area contributed by atoms with Gasteiger partial charge in [-0.05, 0) is 74.1 Å². The number of ether oxygens (including phenoxy) is 1. The number of carbonyl (C=O) groups excluding carboxylic acids is 2. The molecule has 5 unspecified atom stereocenters. The number of aromatic nitrogens is 4. The third-order valence-electron chi connectivity index (χ3n) is 12.1. The minimum atomic E-state index is -0.817. The predicted molar refractivity (Wildman–Crippen MR) is 206 cm³/mol. The molecule has 0 bridgehead atoms. The van der Waals surface area contributed by atoms with Crippen LogP contribution in [0.5, 0.6) is 0 Å². The highest BCUT2D eigenvalue weighted by Gasteiger charge is 2.60. The van der Waals surface area contributed by atoms with Crippen molar-refractivity contribution in [2.45, 2.75) is 70.7 Å². The fourth-order valence-corrected chi connectivity index (χ4v) is 9.03. The molecule has 2 saturated carbocycles. The summed E-state index contributed by atoms with van der Waals surface area (Å²) in [7, 11) is 1.86. The van der Waals surface area contributed by atoms with Gasteiger partial charge in [-0.25, -0.2) is 24.7 Å². The van der Waals surface area contributed by atoms with Crippen LogP contribution in [0.3, 0.4) is 0 Å². The highest BCUT2D eigenvalue weighted by Crippen LogP contribution is 2.62. The van der Waals surface area contributed by atoms with Crippen molar-refractivity contribution < 1.29 is 24.5 Å². The Balaban J connectivity index is 1.25. The number of esters is 1. The summed E-state index contributed by atoms with van der Waals surface area (Å²) in [6.45, 7) is 10.8. The summed E-state index contributed by atoms with van der Waals surface area (Å²) in [6.07, 6.45) is 11.8. The number of guanidine groups is 1. The number of rotatable bonds is 10. The van der Waals surface area contributed by atoms with E-state index in [-0.39, 0.29) is 42.3 Å². The van der Waals surface area contributed by atoms with Gasteiger partial charge in [0.2, 0.25) is 17.8 Å². The summed E-state index contributed by atoms with van der Waals surface area (Å²) in [4.78, 5) is 48.4. The normalized spacial score (nSPS) is 29.8. The standard InChI is InChI=1S/C39H48N10O5/c1-21-27(38(3)10-9-31(51)39(4,20-50)30(38)17-28(21)45-22(2)34(52)48-37-42-12-13-43-37)16-29(46-32-8-6-7-11-41-32)25-15-24(54-35(25)53)14-23-19-49(5)33-26(23)18-44-36(40)47-33/h6-8,11-12,14-15,18-19,22,27-31,45,50-51H,1,9-10,13,16-17,20H2,2-5H3,(H,41,46)(H2,40,44,47)(H,43,48,52)/b24-14+/t22?,27?,28?,29?,30?,31-,38-,39+/m1/s1. The number of anilines is 2. The van der Waals surface area contributed by atoms with Crippen molar-refractivity contribution in [3.8, 4) is 0 Å². The third kappa shape index (κ3) is 6.82. The summed E-state index contributed by atoms with van der Waals surface area (Å²) in [5.41, 5.74) is 7.31. The number of aliphatic imine (C=N–C) groups is 2. The number of fused-ring (bicyclic) bond motifs is 2. The maximum absolute atomic E-state index is 13.8. The average molecular weight is 737 g/mol. The fraction of sp³-hybridized carbons (Fsp3) is 0.462. The first kappa shape index (κ1) is 37.1. The molecule has 3 aromatic rings. The monoisotopic (exact) mass is 736 g/mol. The zero-order chi connectivity index (χ0) is 38.4. The Bertz CT molecular complexity index is 2090. The minimum Gasteiger partial charge on any atom is -0.423 e. The van der Waals surface area contributed by atoms with E-state index in [1.165, 1.54) is 0 Å². The first-order valence-electron chi connectivity index (χ1n) is 18.3. The SMILES string of the molecule is C=C1C(NC(C)C(=O)NC2=NCC=N2)CC2[C@](C)(CC[C@@H](O)[C@@]2(C)CO)C1CC(Nc1ccccn1)C1=C/C(=C\c2cn(C)c3nc(N)ncc23)OC1=O. The smallest absolute Gasteiger partial charge is 0.341 e. The number of nitrogens with zero attached hydrogens (tertiary/aromatic N) is 6. The maximum atomic E-state index is 13.8. The van der Waals surface area contributed by atoms with Crippen LogP contribution in [0.25, 0.3) is 17.1 Å². The largest absolute Gasteiger partial charge is 0.423 e. The molecule has 2 fully saturated rings. The second-order valence-corrected chi connectivity index (χ2v) is 15.4. The van der Waals surface area contributed by atoms with Crippen LogP contribution in [-0.4, -0.2) is 91.2 Å². The molecule has 0 aromatic carbocycles. The maximum Gasteiger partial charge on any atom is 0.341 e. The molecule has 15 heteroatoms. The highest BCUT2D eigenvalue weighted by molar-refractivity contribution is 6.04.